The van der Waals surface area contributed by atoms with Gasteiger partial charge < -0.3 is 20.1 Å². The van der Waals surface area contributed by atoms with Gasteiger partial charge in [0.2, 0.25) is 0 Å². The predicted molar refractivity (Wildman–Crippen MR) is 73.9 cm³/mol. The SMILES string of the molecule is CC(C)Oc1cccnc1N1CCOC(C(=N)N)C1. The van der Waals surface area contributed by atoms with E-state index in [0.717, 1.165) is 18.1 Å². The largest absolute Gasteiger partial charge is 0.487 e. The minimum absolute atomic E-state index is 0.0481. The van der Waals surface area contributed by atoms with E-state index in [9.17, 15) is 0 Å². The lowest BCUT2D eigenvalue weighted by Gasteiger charge is -2.34. The Hall–Kier alpha value is -1.82. The molecule has 0 amide bonds. The van der Waals surface area contributed by atoms with Crippen molar-refractivity contribution in [1.29, 1.82) is 5.41 Å². The van der Waals surface area contributed by atoms with Crippen LogP contribution in [0.2, 0.25) is 0 Å². The van der Waals surface area contributed by atoms with Gasteiger partial charge in [-0.25, -0.2) is 4.98 Å². The molecule has 1 atom stereocenters. The number of ether oxygens (including phenoxy) is 2. The molecule has 1 aliphatic rings. The van der Waals surface area contributed by atoms with Gasteiger partial charge in [0.05, 0.1) is 19.3 Å². The Balaban J connectivity index is 2.18. The molecule has 0 radical (unpaired) electrons. The van der Waals surface area contributed by atoms with E-state index in [-0.39, 0.29) is 18.0 Å². The van der Waals surface area contributed by atoms with Gasteiger partial charge in [-0.3, -0.25) is 5.41 Å². The molecule has 1 aromatic rings. The van der Waals surface area contributed by atoms with E-state index >= 15 is 0 Å². The molecule has 6 nitrogen and oxygen atoms in total. The molecule has 2 rings (SSSR count). The summed E-state index contributed by atoms with van der Waals surface area (Å²) in [7, 11) is 0. The summed E-state index contributed by atoms with van der Waals surface area (Å²) in [4.78, 5) is 6.43. The Bertz CT molecular complexity index is 450. The van der Waals surface area contributed by atoms with Crippen LogP contribution in [0.1, 0.15) is 13.8 Å². The summed E-state index contributed by atoms with van der Waals surface area (Å²) in [5, 5.41) is 7.48. The predicted octanol–water partition coefficient (Wildman–Crippen LogP) is 1.01. The second-order valence-electron chi connectivity index (χ2n) is 4.75. The first-order chi connectivity index (χ1) is 9.08. The Morgan fingerprint density at radius 1 is 1.63 bits per heavy atom. The Morgan fingerprint density at radius 3 is 3.11 bits per heavy atom. The van der Waals surface area contributed by atoms with Crippen molar-refractivity contribution in [2.45, 2.75) is 26.1 Å². The summed E-state index contributed by atoms with van der Waals surface area (Å²) in [6, 6.07) is 3.75. The van der Waals surface area contributed by atoms with Crippen LogP contribution in [-0.4, -0.2) is 42.7 Å². The van der Waals surface area contributed by atoms with E-state index in [2.05, 4.69) is 4.98 Å². The zero-order valence-electron chi connectivity index (χ0n) is 11.3. The van der Waals surface area contributed by atoms with E-state index < -0.39 is 0 Å². The fourth-order valence-corrected chi connectivity index (χ4v) is 2.00. The van der Waals surface area contributed by atoms with Crippen LogP contribution in [0.5, 0.6) is 5.75 Å². The first-order valence-electron chi connectivity index (χ1n) is 6.40. The third-order valence-electron chi connectivity index (χ3n) is 2.83. The van der Waals surface area contributed by atoms with Gasteiger partial charge in [-0.05, 0) is 26.0 Å². The molecule has 0 spiro atoms. The lowest BCUT2D eigenvalue weighted by Crippen LogP contribution is -2.48. The van der Waals surface area contributed by atoms with Gasteiger partial charge in [-0.2, -0.15) is 0 Å². The Labute approximate surface area is 113 Å². The van der Waals surface area contributed by atoms with Crippen LogP contribution in [0.25, 0.3) is 0 Å². The van der Waals surface area contributed by atoms with Crippen molar-refractivity contribution in [2.24, 2.45) is 5.73 Å². The highest BCUT2D eigenvalue weighted by Crippen LogP contribution is 2.27. The number of morpholine rings is 1. The first-order valence-corrected chi connectivity index (χ1v) is 6.40. The summed E-state index contributed by atoms with van der Waals surface area (Å²) in [5.41, 5.74) is 5.51. The van der Waals surface area contributed by atoms with Crippen LogP contribution in [0.4, 0.5) is 5.82 Å². The van der Waals surface area contributed by atoms with E-state index in [1.54, 1.807) is 6.20 Å². The lowest BCUT2D eigenvalue weighted by molar-refractivity contribution is 0.0819. The maximum Gasteiger partial charge on any atom is 0.171 e. The quantitative estimate of drug-likeness (QED) is 0.626. The number of aromatic nitrogens is 1. The third kappa shape index (κ3) is 3.35. The van der Waals surface area contributed by atoms with Gasteiger partial charge in [0.15, 0.2) is 11.6 Å². The number of hydrogen-bond donors (Lipinski definition) is 2. The summed E-state index contributed by atoms with van der Waals surface area (Å²) in [6.07, 6.45) is 1.45. The number of anilines is 1. The molecule has 104 valence electrons. The van der Waals surface area contributed by atoms with Crippen molar-refractivity contribution in [3.63, 3.8) is 0 Å². The van der Waals surface area contributed by atoms with Gasteiger partial charge in [0, 0.05) is 12.7 Å². The van der Waals surface area contributed by atoms with Crippen LogP contribution >= 0.6 is 0 Å². The molecule has 1 unspecified atom stereocenters. The summed E-state index contributed by atoms with van der Waals surface area (Å²) >= 11 is 0. The molecule has 0 saturated carbocycles. The van der Waals surface area contributed by atoms with E-state index in [1.165, 1.54) is 0 Å². The van der Waals surface area contributed by atoms with Gasteiger partial charge in [0.1, 0.15) is 11.9 Å². The van der Waals surface area contributed by atoms with Gasteiger partial charge in [-0.15, -0.1) is 0 Å². The molecule has 1 aliphatic heterocycles. The standard InChI is InChI=1S/C13H20N4O2/c1-9(2)19-10-4-3-5-16-13(10)17-6-7-18-11(8-17)12(14)15/h3-5,9,11H,6-8H2,1-2H3,(H3,14,15). The van der Waals surface area contributed by atoms with Crippen molar-refractivity contribution in [3.05, 3.63) is 18.3 Å². The molecule has 1 aromatic heterocycles. The molecule has 1 saturated heterocycles. The average molecular weight is 264 g/mol. The van der Waals surface area contributed by atoms with Crippen molar-refractivity contribution in [2.75, 3.05) is 24.6 Å². The second-order valence-corrected chi connectivity index (χ2v) is 4.75. The van der Waals surface area contributed by atoms with Crippen LogP contribution < -0.4 is 15.4 Å². The van der Waals surface area contributed by atoms with Gasteiger partial charge >= 0.3 is 0 Å². The van der Waals surface area contributed by atoms with Crippen molar-refractivity contribution in [3.8, 4) is 5.75 Å². The topological polar surface area (TPSA) is 84.5 Å². The van der Waals surface area contributed by atoms with Crippen molar-refractivity contribution >= 4 is 11.7 Å². The highest BCUT2D eigenvalue weighted by Gasteiger charge is 2.25. The smallest absolute Gasteiger partial charge is 0.171 e. The zero-order valence-corrected chi connectivity index (χ0v) is 11.3. The van der Waals surface area contributed by atoms with E-state index in [4.69, 9.17) is 20.6 Å². The van der Waals surface area contributed by atoms with Crippen LogP contribution in [0.15, 0.2) is 18.3 Å². The minimum Gasteiger partial charge on any atom is -0.487 e. The highest BCUT2D eigenvalue weighted by atomic mass is 16.5. The number of rotatable bonds is 4. The Morgan fingerprint density at radius 2 is 2.42 bits per heavy atom. The molecule has 6 heteroatoms. The summed E-state index contributed by atoms with van der Waals surface area (Å²) in [5.74, 6) is 1.58. The molecular formula is C13H20N4O2. The lowest BCUT2D eigenvalue weighted by atomic mass is 10.2. The van der Waals surface area contributed by atoms with Crippen molar-refractivity contribution in [1.82, 2.24) is 4.98 Å². The van der Waals surface area contributed by atoms with Crippen LogP contribution in [-0.2, 0) is 4.74 Å². The molecule has 0 bridgehead atoms. The fourth-order valence-electron chi connectivity index (χ4n) is 2.00. The fraction of sp³-hybridized carbons (Fsp3) is 0.538. The Kier molecular flexibility index (Phi) is 4.21. The van der Waals surface area contributed by atoms with Crippen LogP contribution in [0, 0.1) is 5.41 Å². The van der Waals surface area contributed by atoms with Gasteiger partial charge in [-0.1, -0.05) is 0 Å². The van der Waals surface area contributed by atoms with Crippen LogP contribution in [0.3, 0.4) is 0 Å². The van der Waals surface area contributed by atoms with Crippen molar-refractivity contribution < 1.29 is 9.47 Å². The third-order valence-corrected chi connectivity index (χ3v) is 2.83. The maximum absolute atomic E-state index is 7.48. The maximum atomic E-state index is 7.48. The highest BCUT2D eigenvalue weighted by molar-refractivity contribution is 5.82. The average Bonchev–Trinajstić information content (AvgIpc) is 2.39. The minimum atomic E-state index is -0.373. The van der Waals surface area contributed by atoms with Gasteiger partial charge in [0.25, 0.3) is 0 Å². The number of nitrogens with zero attached hydrogens (tertiary/aromatic N) is 2. The number of nitrogens with two attached hydrogens (primary N) is 1. The first kappa shape index (κ1) is 13.6. The zero-order chi connectivity index (χ0) is 13.8. The normalized spacial score (nSPS) is 19.5. The molecule has 0 aromatic carbocycles. The van der Waals surface area contributed by atoms with E-state index in [1.807, 2.05) is 30.9 Å². The molecule has 1 fully saturated rings. The number of pyridine rings is 1. The number of amidine groups is 1. The molecule has 3 N–H and O–H groups in total. The summed E-state index contributed by atoms with van der Waals surface area (Å²) < 4.78 is 11.2. The molecule has 0 aliphatic carbocycles. The number of hydrogen-bond acceptors (Lipinski definition) is 5. The molecule has 2 heterocycles. The van der Waals surface area contributed by atoms with E-state index in [0.29, 0.717) is 13.2 Å². The summed E-state index contributed by atoms with van der Waals surface area (Å²) in [6.45, 7) is 5.74. The molecule has 19 heavy (non-hydrogen) atoms. The second kappa shape index (κ2) is 5.88. The molecular weight excluding hydrogens is 244 g/mol. The number of nitrogens with one attached hydrogen (secondary N) is 1. The monoisotopic (exact) mass is 264 g/mol.